The van der Waals surface area contributed by atoms with E-state index in [4.69, 9.17) is 99.5 Å². The van der Waals surface area contributed by atoms with Crippen LogP contribution in [0.5, 0.6) is 0 Å². The van der Waals surface area contributed by atoms with Crippen LogP contribution < -0.4 is 16.0 Å². The lowest BCUT2D eigenvalue weighted by Gasteiger charge is -2.51. The molecule has 11 rings (SSSR count). The van der Waals surface area contributed by atoms with Crippen LogP contribution >= 0.6 is 0 Å². The average Bonchev–Trinajstić information content (AvgIpc) is 1.51. The Bertz CT molecular complexity index is 3550. The first kappa shape index (κ1) is 110. The van der Waals surface area contributed by atoms with E-state index in [2.05, 4.69) is 16.0 Å². The Morgan fingerprint density at radius 2 is 0.474 bits per heavy atom. The highest BCUT2D eigenvalue weighted by molar-refractivity contribution is 5.77. The lowest BCUT2D eigenvalue weighted by Crippen LogP contribution is -2.71. The van der Waals surface area contributed by atoms with Crippen molar-refractivity contribution in [3.05, 3.63) is 0 Å². The van der Waals surface area contributed by atoms with Gasteiger partial charge >= 0.3 is 0 Å². The van der Waals surface area contributed by atoms with Gasteiger partial charge in [0.15, 0.2) is 69.1 Å². The molecule has 133 heavy (non-hydrogen) atoms. The van der Waals surface area contributed by atoms with Gasteiger partial charge in [-0.1, -0.05) is 6.92 Å². The van der Waals surface area contributed by atoms with Crippen molar-refractivity contribution < 1.29 is 277 Å². The van der Waals surface area contributed by atoms with Crippen LogP contribution in [0, 0.1) is 0 Å². The molecule has 0 bridgehead atoms. The lowest BCUT2D eigenvalue weighted by molar-refractivity contribution is -0.408. The molecule has 22 unspecified atom stereocenters. The zero-order valence-electron chi connectivity index (χ0n) is 71.1. The maximum atomic E-state index is 13.3. The fraction of sp³-hybridized carbons (Fsp3) is 0.959. The van der Waals surface area contributed by atoms with Crippen LogP contribution in [0.25, 0.3) is 0 Å². The summed E-state index contributed by atoms with van der Waals surface area (Å²) in [7, 11) is 0. The summed E-state index contributed by atoms with van der Waals surface area (Å²) < 4.78 is 125. The molecule has 11 fully saturated rings. The third-order valence-corrected chi connectivity index (χ3v) is 24.6. The molecule has 0 saturated carbocycles. The summed E-state index contributed by atoms with van der Waals surface area (Å²) in [5.41, 5.74) is 0. The average molecular weight is 1950 g/mol. The Hall–Kier alpha value is -3.71. The molecule has 772 valence electrons. The van der Waals surface area contributed by atoms with Gasteiger partial charge in [0.1, 0.15) is 268 Å². The van der Waals surface area contributed by atoms with Gasteiger partial charge in [0.2, 0.25) is 17.7 Å². The minimum absolute atomic E-state index is 0.0773. The molecule has 0 aromatic heterocycles. The standard InChI is InChI=1S/C74H125N3O56/c1-4-5-30(89)77-64-31(75-17(2)87)42(99)56(26(13-85)115-64)126-65-32(76-18(3)88)43(100)57(27(14-86)123-65)127-70-55(112)59(129-73-63(50(107)39(96)24(11-83)121-73)133-74-62(49(106)38(95)25(12-84)122-74)132-69-53(110)46(103)35(92)21(8-80)118-69)41(98)29(125-70)15-113-66-54(111)58(128-72-61(48(105)37(94)23(10-82)120-72)131-68-52(109)45(102)34(91)20(7-79)117-68)40(97)28(124-66)16-114-71-60(47(104)36(93)22(9-81)119-71)130-67-51(108)44(101)33(90)19(6-78)116-67/h19-29,31-74,78-86,90-112H,4-16H2,1-3H3,(H,75,87)(H,76,88)(H,77,89)/t19?,20-,21-,22?,23-,24-,25-,26?,27?,28?,29?,31?,32?,33+,34+,35+,36+,37+,38+,39+,40+,41+,42+,43+,44-,45?,46?,47-,48?,49?,50?,51?,52?,53?,54?,55?,56+,57+,58-,59-,60?,61?,62?,63?,64+,65-,66-,67+,68+,69+,70-,71+,72+,73+,74+/m0/s1. The van der Waals surface area contributed by atoms with Crippen LogP contribution in [0.1, 0.15) is 33.6 Å². The van der Waals surface area contributed by atoms with E-state index in [1.165, 1.54) is 0 Å². The molecule has 3 amide bonds. The molecule has 0 aromatic rings. The van der Waals surface area contributed by atoms with Crippen LogP contribution in [0.3, 0.4) is 0 Å². The largest absolute Gasteiger partial charge is 0.394 e. The minimum Gasteiger partial charge on any atom is -0.394 e. The number of aliphatic hydroxyl groups is 32. The van der Waals surface area contributed by atoms with E-state index < -0.39 is 428 Å². The maximum absolute atomic E-state index is 13.3. The number of nitrogens with one attached hydrogen (secondary N) is 3. The van der Waals surface area contributed by atoms with Crippen molar-refractivity contribution in [2.75, 3.05) is 72.7 Å². The Labute approximate surface area is 752 Å². The number of hydrogen-bond donors (Lipinski definition) is 35. The number of hydrogen-bond acceptors (Lipinski definition) is 56. The van der Waals surface area contributed by atoms with Crippen molar-refractivity contribution in [3.8, 4) is 0 Å². The molecular weight excluding hydrogens is 1830 g/mol. The summed E-state index contributed by atoms with van der Waals surface area (Å²) >= 11 is 0. The summed E-state index contributed by atoms with van der Waals surface area (Å²) in [5, 5.41) is 366. The van der Waals surface area contributed by atoms with E-state index in [-0.39, 0.29) is 6.42 Å². The second-order valence-electron chi connectivity index (χ2n) is 33.7. The topological polar surface area (TPSA) is 928 Å². The zero-order valence-corrected chi connectivity index (χ0v) is 71.1. The third kappa shape index (κ3) is 24.1. The van der Waals surface area contributed by atoms with Crippen LogP contribution in [-0.4, -0.2) is 591 Å². The maximum Gasteiger partial charge on any atom is 0.222 e. The number of rotatable bonds is 36. The van der Waals surface area contributed by atoms with Gasteiger partial charge in [0.05, 0.1) is 72.7 Å². The zero-order chi connectivity index (χ0) is 97.6. The number of carbonyl (C=O) groups excluding carboxylic acids is 3. The normalized spacial score (nSPS) is 50.1. The number of ether oxygens (including phenoxy) is 21. The Balaban J connectivity index is 0.964. The second-order valence-corrected chi connectivity index (χ2v) is 33.7. The molecule has 59 nitrogen and oxygen atoms in total. The van der Waals surface area contributed by atoms with Crippen molar-refractivity contribution >= 4 is 17.7 Å². The fourth-order valence-electron chi connectivity index (χ4n) is 17.1. The second kappa shape index (κ2) is 48.4. The molecule has 11 aliphatic heterocycles. The SMILES string of the molecule is CCCC(=O)N[C@@H]1OC(CO)[C@@H](O[C@@H]2OC(CO)[C@@H](O[C@@H]3OC(CO[C@H]4OC(CO[C@@H]5OC(CO)[C@@H](O)[C@H](O)C5O[C@H]5OC(CO)[C@@H](O)[C@H](O)C5O)[C@@H](O)[C@H](O[C@H]5O[C@@H](CO)[C@@H](O)C(O)C5O[C@H]5O[C@@H](CO)[C@@H](O)C(O)C5O)C4O)[C@@H](O)[C@H](O[C@H]4O[C@@H](CO)[C@@H](O)C(O)C4O[C@H]4O[C@@H](CO)[C@@H](O)C(O)C4O[C@H]4O[C@@H](CO)[C@@H](O)C(O)C4O)C3O)[C@H](O)C2NC(C)=O)[C@H](O)C1NC(C)=O. The molecule has 55 atom stereocenters. The van der Waals surface area contributed by atoms with Crippen molar-refractivity contribution in [2.45, 2.75) is 371 Å². The van der Waals surface area contributed by atoms with Crippen molar-refractivity contribution in [3.63, 3.8) is 0 Å². The predicted molar refractivity (Wildman–Crippen MR) is 406 cm³/mol. The van der Waals surface area contributed by atoms with E-state index >= 15 is 0 Å². The van der Waals surface area contributed by atoms with E-state index in [0.29, 0.717) is 6.42 Å². The van der Waals surface area contributed by atoms with E-state index in [1.807, 2.05) is 0 Å². The van der Waals surface area contributed by atoms with E-state index in [0.717, 1.165) is 13.8 Å². The Morgan fingerprint density at radius 3 is 0.827 bits per heavy atom. The molecule has 0 aromatic carbocycles. The van der Waals surface area contributed by atoms with Crippen LogP contribution in [-0.2, 0) is 114 Å². The van der Waals surface area contributed by atoms with Gasteiger partial charge in [-0.05, 0) is 6.42 Å². The molecule has 11 aliphatic rings. The summed E-state index contributed by atoms with van der Waals surface area (Å²) in [6.45, 7) is -9.22. The molecular formula is C74H125N3O56. The molecule has 0 aliphatic carbocycles. The Kier molecular flexibility index (Phi) is 39.9. The van der Waals surface area contributed by atoms with E-state index in [9.17, 15) is 178 Å². The van der Waals surface area contributed by atoms with Gasteiger partial charge < -0.3 is 279 Å². The predicted octanol–water partition coefficient (Wildman–Crippen LogP) is -23.8. The first-order valence-corrected chi connectivity index (χ1v) is 42.7. The van der Waals surface area contributed by atoms with Gasteiger partial charge in [-0.3, -0.25) is 14.4 Å². The van der Waals surface area contributed by atoms with Crippen molar-refractivity contribution in [2.24, 2.45) is 0 Å². The number of amides is 3. The Morgan fingerprint density at radius 1 is 0.226 bits per heavy atom. The molecule has 35 N–H and O–H groups in total. The molecule has 11 heterocycles. The molecule has 0 radical (unpaired) electrons. The summed E-state index contributed by atoms with van der Waals surface area (Å²) in [6.07, 6.45) is -117. The third-order valence-electron chi connectivity index (χ3n) is 24.6. The van der Waals surface area contributed by atoms with Crippen LogP contribution in [0.2, 0.25) is 0 Å². The van der Waals surface area contributed by atoms with E-state index in [1.54, 1.807) is 6.92 Å². The van der Waals surface area contributed by atoms with Crippen LogP contribution in [0.15, 0.2) is 0 Å². The highest BCUT2D eigenvalue weighted by Gasteiger charge is 2.63. The van der Waals surface area contributed by atoms with Gasteiger partial charge in [0.25, 0.3) is 0 Å². The fourth-order valence-corrected chi connectivity index (χ4v) is 17.1. The van der Waals surface area contributed by atoms with Gasteiger partial charge in [-0.25, -0.2) is 0 Å². The van der Waals surface area contributed by atoms with Gasteiger partial charge in [-0.2, -0.15) is 0 Å². The monoisotopic (exact) mass is 1950 g/mol. The lowest BCUT2D eigenvalue weighted by atomic mass is 9.93. The molecule has 59 heteroatoms. The smallest absolute Gasteiger partial charge is 0.222 e. The molecule has 0 spiro atoms. The summed E-state index contributed by atoms with van der Waals surface area (Å²) in [6, 6.07) is -3.61. The van der Waals surface area contributed by atoms with Crippen LogP contribution in [0.4, 0.5) is 0 Å². The highest BCUT2D eigenvalue weighted by Crippen LogP contribution is 2.42. The first-order valence-electron chi connectivity index (χ1n) is 42.7. The molecule has 11 saturated heterocycles. The van der Waals surface area contributed by atoms with Gasteiger partial charge in [0, 0.05) is 20.3 Å². The summed E-state index contributed by atoms with van der Waals surface area (Å²) in [4.78, 5) is 38.8. The quantitative estimate of drug-likeness (QED) is 0.0277. The van der Waals surface area contributed by atoms with Gasteiger partial charge in [-0.15, -0.1) is 0 Å². The minimum atomic E-state index is -2.70. The van der Waals surface area contributed by atoms with Crippen molar-refractivity contribution in [1.82, 2.24) is 16.0 Å². The highest BCUT2D eigenvalue weighted by atomic mass is 16.8. The first-order chi connectivity index (χ1) is 63.1. The summed E-state index contributed by atoms with van der Waals surface area (Å²) in [5.74, 6) is -2.42. The number of aliphatic hydroxyl groups excluding tert-OH is 32. The van der Waals surface area contributed by atoms with Crippen molar-refractivity contribution in [1.29, 1.82) is 0 Å². The number of carbonyl (C=O) groups is 3.